The van der Waals surface area contributed by atoms with Crippen LogP contribution in [0, 0.1) is 5.92 Å². The number of hydrogen-bond acceptors (Lipinski definition) is 1. The first kappa shape index (κ1) is 12.3. The van der Waals surface area contributed by atoms with Crippen molar-refractivity contribution in [2.24, 2.45) is 5.92 Å². The Morgan fingerprint density at radius 3 is 2.73 bits per heavy atom. The molecular weight excluding hydrogens is 186 g/mol. The van der Waals surface area contributed by atoms with Gasteiger partial charge in [0.2, 0.25) is 5.91 Å². The van der Waals surface area contributed by atoms with E-state index in [-0.39, 0.29) is 5.91 Å². The van der Waals surface area contributed by atoms with E-state index in [2.05, 4.69) is 11.9 Å². The van der Waals surface area contributed by atoms with Crippen molar-refractivity contribution in [2.45, 2.75) is 51.4 Å². The van der Waals surface area contributed by atoms with Gasteiger partial charge in [0.25, 0.3) is 0 Å². The molecule has 0 aliphatic heterocycles. The summed E-state index contributed by atoms with van der Waals surface area (Å²) in [6.45, 7) is 4.17. The van der Waals surface area contributed by atoms with Crippen LogP contribution in [0.3, 0.4) is 0 Å². The zero-order valence-electron chi connectivity index (χ0n) is 9.63. The van der Waals surface area contributed by atoms with Crippen LogP contribution in [-0.2, 0) is 4.79 Å². The summed E-state index contributed by atoms with van der Waals surface area (Å²) < 4.78 is 0. The summed E-state index contributed by atoms with van der Waals surface area (Å²) >= 11 is 0. The minimum absolute atomic E-state index is 0.172. The van der Waals surface area contributed by atoms with E-state index in [1.54, 1.807) is 6.08 Å². The fourth-order valence-corrected chi connectivity index (χ4v) is 2.30. The highest BCUT2D eigenvalue weighted by atomic mass is 16.1. The Labute approximate surface area is 93.1 Å². The number of hydrogen-bond donors (Lipinski definition) is 1. The summed E-state index contributed by atoms with van der Waals surface area (Å²) in [5, 5.41) is 2.81. The predicted octanol–water partition coefficient (Wildman–Crippen LogP) is 3.04. The highest BCUT2D eigenvalue weighted by Gasteiger charge is 2.13. The summed E-state index contributed by atoms with van der Waals surface area (Å²) in [6.07, 6.45) is 11.7. The molecule has 0 aromatic heterocycles. The van der Waals surface area contributed by atoms with Crippen LogP contribution >= 0.6 is 0 Å². The van der Waals surface area contributed by atoms with Crippen molar-refractivity contribution in [3.63, 3.8) is 0 Å². The Balaban J connectivity index is 1.99. The van der Waals surface area contributed by atoms with Crippen molar-refractivity contribution in [3.05, 3.63) is 12.7 Å². The van der Waals surface area contributed by atoms with Gasteiger partial charge in [-0.1, -0.05) is 38.2 Å². The second-order valence-corrected chi connectivity index (χ2v) is 4.49. The summed E-state index contributed by atoms with van der Waals surface area (Å²) in [6, 6.07) is 0. The molecule has 1 N–H and O–H groups in total. The van der Waals surface area contributed by atoms with Crippen LogP contribution in [0.2, 0.25) is 0 Å². The van der Waals surface area contributed by atoms with Gasteiger partial charge < -0.3 is 5.32 Å². The standard InChI is InChI=1S/C13H23NO/c1-2-11-14-13(15)10-6-9-12-7-4-3-5-8-12/h2,12H,1,3-11H2,(H,14,15). The quantitative estimate of drug-likeness (QED) is 0.669. The highest BCUT2D eigenvalue weighted by molar-refractivity contribution is 5.75. The molecule has 1 rings (SSSR count). The molecule has 86 valence electrons. The molecule has 0 saturated heterocycles. The Morgan fingerprint density at radius 2 is 2.07 bits per heavy atom. The third-order valence-electron chi connectivity index (χ3n) is 3.18. The van der Waals surface area contributed by atoms with Crippen LogP contribution in [0.4, 0.5) is 0 Å². The minimum atomic E-state index is 0.172. The Morgan fingerprint density at radius 1 is 1.33 bits per heavy atom. The zero-order chi connectivity index (χ0) is 10.9. The van der Waals surface area contributed by atoms with E-state index in [0.717, 1.165) is 12.3 Å². The van der Waals surface area contributed by atoms with Crippen molar-refractivity contribution >= 4 is 5.91 Å². The topological polar surface area (TPSA) is 29.1 Å². The first-order chi connectivity index (χ1) is 7.33. The largest absolute Gasteiger partial charge is 0.353 e. The van der Waals surface area contributed by atoms with Gasteiger partial charge in [-0.2, -0.15) is 0 Å². The SMILES string of the molecule is C=CCNC(=O)CCCC1CCCCC1. The maximum atomic E-state index is 11.3. The van der Waals surface area contributed by atoms with Crippen LogP contribution in [-0.4, -0.2) is 12.5 Å². The van der Waals surface area contributed by atoms with Crippen LogP contribution in [0.25, 0.3) is 0 Å². The Bertz CT molecular complexity index is 195. The molecule has 1 aliphatic carbocycles. The van der Waals surface area contributed by atoms with E-state index in [0.29, 0.717) is 13.0 Å². The summed E-state index contributed by atoms with van der Waals surface area (Å²) in [7, 11) is 0. The van der Waals surface area contributed by atoms with Crippen molar-refractivity contribution in [1.82, 2.24) is 5.32 Å². The van der Waals surface area contributed by atoms with E-state index in [1.807, 2.05) is 0 Å². The van der Waals surface area contributed by atoms with Crippen molar-refractivity contribution < 1.29 is 4.79 Å². The fourth-order valence-electron chi connectivity index (χ4n) is 2.30. The summed E-state index contributed by atoms with van der Waals surface area (Å²) in [5.74, 6) is 1.07. The van der Waals surface area contributed by atoms with Crippen LogP contribution in [0.15, 0.2) is 12.7 Å². The molecule has 2 heteroatoms. The molecule has 0 aromatic rings. The van der Waals surface area contributed by atoms with Gasteiger partial charge in [-0.05, 0) is 18.8 Å². The van der Waals surface area contributed by atoms with E-state index in [4.69, 9.17) is 0 Å². The minimum Gasteiger partial charge on any atom is -0.353 e. The molecule has 0 bridgehead atoms. The third kappa shape index (κ3) is 5.60. The lowest BCUT2D eigenvalue weighted by atomic mass is 9.86. The molecule has 0 radical (unpaired) electrons. The van der Waals surface area contributed by atoms with Crippen molar-refractivity contribution in [2.75, 3.05) is 6.54 Å². The second kappa shape index (κ2) is 7.49. The second-order valence-electron chi connectivity index (χ2n) is 4.49. The van der Waals surface area contributed by atoms with Gasteiger partial charge in [0.1, 0.15) is 0 Å². The third-order valence-corrected chi connectivity index (χ3v) is 3.18. The lowest BCUT2D eigenvalue weighted by Crippen LogP contribution is -2.22. The first-order valence-electron chi connectivity index (χ1n) is 6.20. The lowest BCUT2D eigenvalue weighted by Gasteiger charge is -2.21. The van der Waals surface area contributed by atoms with Gasteiger partial charge >= 0.3 is 0 Å². The number of amides is 1. The number of carbonyl (C=O) groups is 1. The summed E-state index contributed by atoms with van der Waals surface area (Å²) in [4.78, 5) is 11.3. The fraction of sp³-hybridized carbons (Fsp3) is 0.769. The van der Waals surface area contributed by atoms with Gasteiger partial charge in [0.15, 0.2) is 0 Å². The van der Waals surface area contributed by atoms with E-state index >= 15 is 0 Å². The zero-order valence-corrected chi connectivity index (χ0v) is 9.63. The molecule has 0 heterocycles. The van der Waals surface area contributed by atoms with Gasteiger partial charge in [0, 0.05) is 13.0 Å². The molecule has 1 aliphatic rings. The van der Waals surface area contributed by atoms with E-state index in [1.165, 1.54) is 38.5 Å². The van der Waals surface area contributed by atoms with E-state index < -0.39 is 0 Å². The van der Waals surface area contributed by atoms with Gasteiger partial charge in [0.05, 0.1) is 0 Å². The molecule has 2 nitrogen and oxygen atoms in total. The molecular formula is C13H23NO. The van der Waals surface area contributed by atoms with Gasteiger partial charge in [-0.25, -0.2) is 0 Å². The predicted molar refractivity (Wildman–Crippen MR) is 63.6 cm³/mol. The maximum Gasteiger partial charge on any atom is 0.220 e. The van der Waals surface area contributed by atoms with Crippen molar-refractivity contribution in [3.8, 4) is 0 Å². The molecule has 0 unspecified atom stereocenters. The smallest absolute Gasteiger partial charge is 0.220 e. The monoisotopic (exact) mass is 209 g/mol. The first-order valence-corrected chi connectivity index (χ1v) is 6.20. The van der Waals surface area contributed by atoms with Crippen molar-refractivity contribution in [1.29, 1.82) is 0 Å². The van der Waals surface area contributed by atoms with E-state index in [9.17, 15) is 4.79 Å². The maximum absolute atomic E-state index is 11.3. The normalized spacial score (nSPS) is 17.3. The molecule has 0 spiro atoms. The number of rotatable bonds is 6. The number of carbonyl (C=O) groups excluding carboxylic acids is 1. The van der Waals surface area contributed by atoms with Gasteiger partial charge in [-0.3, -0.25) is 4.79 Å². The Kier molecular flexibility index (Phi) is 6.14. The average Bonchev–Trinajstić information content (AvgIpc) is 2.28. The van der Waals surface area contributed by atoms with Crippen LogP contribution in [0.5, 0.6) is 0 Å². The molecule has 1 saturated carbocycles. The molecule has 15 heavy (non-hydrogen) atoms. The molecule has 1 fully saturated rings. The van der Waals surface area contributed by atoms with Crippen LogP contribution in [0.1, 0.15) is 51.4 Å². The van der Waals surface area contributed by atoms with Crippen LogP contribution < -0.4 is 5.32 Å². The molecule has 1 amide bonds. The summed E-state index contributed by atoms with van der Waals surface area (Å²) in [5.41, 5.74) is 0. The van der Waals surface area contributed by atoms with Gasteiger partial charge in [-0.15, -0.1) is 6.58 Å². The molecule has 0 aromatic carbocycles. The average molecular weight is 209 g/mol. The lowest BCUT2D eigenvalue weighted by molar-refractivity contribution is -0.121. The molecule has 0 atom stereocenters. The number of nitrogens with one attached hydrogen (secondary N) is 1. The highest BCUT2D eigenvalue weighted by Crippen LogP contribution is 2.27. The Hall–Kier alpha value is -0.790.